The second kappa shape index (κ2) is 7.46. The van der Waals surface area contributed by atoms with Crippen LogP contribution in [-0.4, -0.2) is 30.4 Å². The van der Waals surface area contributed by atoms with E-state index in [0.717, 1.165) is 30.1 Å². The monoisotopic (exact) mass is 289 g/mol. The molecule has 3 N–H and O–H groups in total. The molecule has 0 saturated carbocycles. The Morgan fingerprint density at radius 3 is 3.05 bits per heavy atom. The fraction of sp³-hybridized carbons (Fsp3) is 0.588. The number of nitrogens with two attached hydrogens (primary N) is 1. The molecule has 1 unspecified atom stereocenters. The minimum Gasteiger partial charge on any atom is -0.399 e. The quantitative estimate of drug-likeness (QED) is 0.819. The van der Waals surface area contributed by atoms with Crippen molar-refractivity contribution in [2.24, 2.45) is 5.92 Å². The van der Waals surface area contributed by atoms with Crippen LogP contribution in [0.4, 0.5) is 11.4 Å². The predicted octanol–water partition coefficient (Wildman–Crippen LogP) is 3.03. The van der Waals surface area contributed by atoms with Gasteiger partial charge in [-0.1, -0.05) is 13.0 Å². The molecule has 0 spiro atoms. The van der Waals surface area contributed by atoms with Crippen molar-refractivity contribution in [1.29, 1.82) is 0 Å². The van der Waals surface area contributed by atoms with Crippen molar-refractivity contribution in [3.05, 3.63) is 23.8 Å². The van der Waals surface area contributed by atoms with Crippen molar-refractivity contribution in [2.45, 2.75) is 39.5 Å². The summed E-state index contributed by atoms with van der Waals surface area (Å²) in [5, 5.41) is 2.96. The van der Waals surface area contributed by atoms with Crippen molar-refractivity contribution in [1.82, 2.24) is 4.90 Å². The van der Waals surface area contributed by atoms with E-state index in [1.807, 2.05) is 25.1 Å². The molecule has 0 radical (unpaired) electrons. The zero-order valence-corrected chi connectivity index (χ0v) is 13.2. The van der Waals surface area contributed by atoms with Crippen LogP contribution in [0, 0.1) is 12.8 Å². The topological polar surface area (TPSA) is 58.4 Å². The molecule has 1 aromatic rings. The number of carbonyl (C=O) groups is 1. The van der Waals surface area contributed by atoms with E-state index >= 15 is 0 Å². The molecule has 0 aromatic heterocycles. The van der Waals surface area contributed by atoms with Gasteiger partial charge in [-0.15, -0.1) is 0 Å². The number of nitrogens with zero attached hydrogens (tertiary/aromatic N) is 1. The predicted molar refractivity (Wildman–Crippen MR) is 88.3 cm³/mol. The first-order valence-electron chi connectivity index (χ1n) is 7.93. The standard InChI is InChI=1S/C17H27N3O/c1-13-5-3-9-20(12-13)10-4-6-17(21)19-16-11-15(18)8-7-14(16)2/h7-8,11,13H,3-6,9-10,12,18H2,1-2H3,(H,19,21). The van der Waals surface area contributed by atoms with Gasteiger partial charge in [-0.25, -0.2) is 0 Å². The number of aryl methyl sites for hydroxylation is 1. The summed E-state index contributed by atoms with van der Waals surface area (Å²) in [6.45, 7) is 7.66. The number of hydrogen-bond acceptors (Lipinski definition) is 3. The number of anilines is 2. The first kappa shape index (κ1) is 15.8. The molecular formula is C17H27N3O. The number of hydrogen-bond donors (Lipinski definition) is 2. The number of nitrogen functional groups attached to an aromatic ring is 1. The van der Waals surface area contributed by atoms with Crippen LogP contribution in [0.2, 0.25) is 0 Å². The van der Waals surface area contributed by atoms with Gasteiger partial charge in [0.15, 0.2) is 0 Å². The molecule has 1 saturated heterocycles. The van der Waals surface area contributed by atoms with Crippen LogP contribution in [0.15, 0.2) is 18.2 Å². The molecule has 4 nitrogen and oxygen atoms in total. The van der Waals surface area contributed by atoms with E-state index in [4.69, 9.17) is 5.73 Å². The molecule has 1 aromatic carbocycles. The van der Waals surface area contributed by atoms with E-state index < -0.39 is 0 Å². The van der Waals surface area contributed by atoms with Gasteiger partial charge in [0, 0.05) is 24.3 Å². The normalized spacial score (nSPS) is 19.4. The van der Waals surface area contributed by atoms with Gasteiger partial charge < -0.3 is 16.0 Å². The number of amides is 1. The number of benzene rings is 1. The highest BCUT2D eigenvalue weighted by Crippen LogP contribution is 2.19. The maximum Gasteiger partial charge on any atom is 0.224 e. The highest BCUT2D eigenvalue weighted by atomic mass is 16.1. The highest BCUT2D eigenvalue weighted by molar-refractivity contribution is 5.91. The smallest absolute Gasteiger partial charge is 0.224 e. The Morgan fingerprint density at radius 1 is 1.48 bits per heavy atom. The molecule has 116 valence electrons. The summed E-state index contributed by atoms with van der Waals surface area (Å²) in [6, 6.07) is 5.60. The molecular weight excluding hydrogens is 262 g/mol. The Hall–Kier alpha value is -1.55. The summed E-state index contributed by atoms with van der Waals surface area (Å²) in [6.07, 6.45) is 4.11. The van der Waals surface area contributed by atoms with Crippen LogP contribution < -0.4 is 11.1 Å². The fourth-order valence-corrected chi connectivity index (χ4v) is 2.94. The Kier molecular flexibility index (Phi) is 5.62. The molecule has 0 aliphatic carbocycles. The zero-order valence-electron chi connectivity index (χ0n) is 13.2. The molecule has 4 heteroatoms. The SMILES string of the molecule is Cc1ccc(N)cc1NC(=O)CCCN1CCCC(C)C1. The Balaban J connectivity index is 1.73. The van der Waals surface area contributed by atoms with E-state index in [1.165, 1.54) is 25.9 Å². The van der Waals surface area contributed by atoms with E-state index in [-0.39, 0.29) is 5.91 Å². The van der Waals surface area contributed by atoms with Crippen LogP contribution in [-0.2, 0) is 4.79 Å². The van der Waals surface area contributed by atoms with Crippen LogP contribution in [0.5, 0.6) is 0 Å². The van der Waals surface area contributed by atoms with Gasteiger partial charge >= 0.3 is 0 Å². The number of likely N-dealkylation sites (tertiary alicyclic amines) is 1. The first-order chi connectivity index (χ1) is 10.0. The highest BCUT2D eigenvalue weighted by Gasteiger charge is 2.16. The third-order valence-electron chi connectivity index (χ3n) is 4.16. The number of piperidine rings is 1. The van der Waals surface area contributed by atoms with Crippen molar-refractivity contribution in [3.8, 4) is 0 Å². The second-order valence-electron chi connectivity index (χ2n) is 6.27. The minimum atomic E-state index is 0.0776. The molecule has 1 aliphatic heterocycles. The summed E-state index contributed by atoms with van der Waals surface area (Å²) < 4.78 is 0. The second-order valence-corrected chi connectivity index (χ2v) is 6.27. The average Bonchev–Trinajstić information content (AvgIpc) is 2.43. The zero-order chi connectivity index (χ0) is 15.2. The van der Waals surface area contributed by atoms with Crippen LogP contribution in [0.1, 0.15) is 38.2 Å². The van der Waals surface area contributed by atoms with E-state index in [2.05, 4.69) is 17.1 Å². The van der Waals surface area contributed by atoms with E-state index in [9.17, 15) is 4.79 Å². The van der Waals surface area contributed by atoms with Crippen molar-refractivity contribution >= 4 is 17.3 Å². The third kappa shape index (κ3) is 5.05. The lowest BCUT2D eigenvalue weighted by Gasteiger charge is -2.30. The lowest BCUT2D eigenvalue weighted by Crippen LogP contribution is -2.35. The van der Waals surface area contributed by atoms with Crippen molar-refractivity contribution in [2.75, 3.05) is 30.7 Å². The maximum atomic E-state index is 12.0. The summed E-state index contributed by atoms with van der Waals surface area (Å²) in [5.41, 5.74) is 8.30. The van der Waals surface area contributed by atoms with Crippen LogP contribution >= 0.6 is 0 Å². The summed E-state index contributed by atoms with van der Waals surface area (Å²) >= 11 is 0. The molecule has 0 bridgehead atoms. The fourth-order valence-electron chi connectivity index (χ4n) is 2.94. The van der Waals surface area contributed by atoms with Gasteiger partial charge in [-0.3, -0.25) is 4.79 Å². The molecule has 1 heterocycles. The van der Waals surface area contributed by atoms with Crippen molar-refractivity contribution < 1.29 is 4.79 Å². The van der Waals surface area contributed by atoms with Gasteiger partial charge in [0.05, 0.1) is 0 Å². The van der Waals surface area contributed by atoms with E-state index in [1.54, 1.807) is 0 Å². The Bertz CT molecular complexity index is 487. The number of carbonyl (C=O) groups excluding carboxylic acids is 1. The Labute approximate surface area is 127 Å². The lowest BCUT2D eigenvalue weighted by atomic mass is 10.0. The molecule has 1 aliphatic rings. The van der Waals surface area contributed by atoms with Crippen molar-refractivity contribution in [3.63, 3.8) is 0 Å². The van der Waals surface area contributed by atoms with Crippen LogP contribution in [0.3, 0.4) is 0 Å². The third-order valence-corrected chi connectivity index (χ3v) is 4.16. The van der Waals surface area contributed by atoms with Gasteiger partial charge in [0.2, 0.25) is 5.91 Å². The van der Waals surface area contributed by atoms with Gasteiger partial charge in [-0.05, 0) is 62.9 Å². The van der Waals surface area contributed by atoms with E-state index in [0.29, 0.717) is 12.1 Å². The summed E-state index contributed by atoms with van der Waals surface area (Å²) in [7, 11) is 0. The van der Waals surface area contributed by atoms with Gasteiger partial charge in [0.1, 0.15) is 0 Å². The maximum absolute atomic E-state index is 12.0. The summed E-state index contributed by atoms with van der Waals surface area (Å²) in [5.74, 6) is 0.872. The first-order valence-corrected chi connectivity index (χ1v) is 7.93. The molecule has 21 heavy (non-hydrogen) atoms. The largest absolute Gasteiger partial charge is 0.399 e. The number of nitrogens with one attached hydrogen (secondary N) is 1. The minimum absolute atomic E-state index is 0.0776. The molecule has 1 atom stereocenters. The van der Waals surface area contributed by atoms with Gasteiger partial charge in [0.25, 0.3) is 0 Å². The number of rotatable bonds is 5. The molecule has 2 rings (SSSR count). The summed E-state index contributed by atoms with van der Waals surface area (Å²) in [4.78, 5) is 14.5. The Morgan fingerprint density at radius 2 is 2.29 bits per heavy atom. The van der Waals surface area contributed by atoms with Crippen LogP contribution in [0.25, 0.3) is 0 Å². The average molecular weight is 289 g/mol. The van der Waals surface area contributed by atoms with Gasteiger partial charge in [-0.2, -0.15) is 0 Å². The molecule has 1 amide bonds. The molecule has 1 fully saturated rings. The lowest BCUT2D eigenvalue weighted by molar-refractivity contribution is -0.116.